The van der Waals surface area contributed by atoms with E-state index in [1.54, 1.807) is 23.9 Å². The molecule has 0 aliphatic heterocycles. The smallest absolute Gasteiger partial charge is 0.280 e. The van der Waals surface area contributed by atoms with Gasteiger partial charge in [0.25, 0.3) is 11.8 Å². The lowest BCUT2D eigenvalue weighted by Gasteiger charge is -2.15. The molecule has 3 N–H and O–H groups in total. The van der Waals surface area contributed by atoms with Crippen molar-refractivity contribution in [2.75, 3.05) is 26.0 Å². The van der Waals surface area contributed by atoms with Crippen LogP contribution in [0.25, 0.3) is 5.69 Å². The number of benzene rings is 2. The molecular formula is C23H28N5O2+. The highest BCUT2D eigenvalue weighted by Gasteiger charge is 2.15. The topological polar surface area (TPSA) is 80.5 Å². The van der Waals surface area contributed by atoms with E-state index in [0.29, 0.717) is 24.5 Å². The van der Waals surface area contributed by atoms with Gasteiger partial charge in [-0.3, -0.25) is 9.59 Å². The Bertz CT molecular complexity index is 1020. The molecule has 7 nitrogen and oxygen atoms in total. The van der Waals surface area contributed by atoms with Gasteiger partial charge in [0.1, 0.15) is 12.4 Å². The van der Waals surface area contributed by atoms with E-state index in [2.05, 4.69) is 15.7 Å². The van der Waals surface area contributed by atoms with Gasteiger partial charge in [-0.05, 0) is 38.1 Å². The van der Waals surface area contributed by atoms with E-state index in [4.69, 9.17) is 0 Å². The summed E-state index contributed by atoms with van der Waals surface area (Å²) in [5.41, 5.74) is 4.59. The summed E-state index contributed by atoms with van der Waals surface area (Å²) in [5.74, 6) is 0.467. The summed E-state index contributed by atoms with van der Waals surface area (Å²) in [6, 6.07) is 17.3. The third kappa shape index (κ3) is 5.33. The molecule has 30 heavy (non-hydrogen) atoms. The minimum atomic E-state index is -0.109. The second kappa shape index (κ2) is 9.37. The number of carbonyl (C=O) groups is 2. The van der Waals surface area contributed by atoms with Gasteiger partial charge in [0.05, 0.1) is 18.4 Å². The summed E-state index contributed by atoms with van der Waals surface area (Å²) < 4.78 is 1.75. The van der Waals surface area contributed by atoms with Crippen molar-refractivity contribution in [3.63, 3.8) is 0 Å². The Morgan fingerprint density at radius 2 is 1.70 bits per heavy atom. The standard InChI is InChI=1S/C23H27N5O2/c1-16-5-11-20(12-6-16)28-21(13-17(2)26-28)25-22(29)15-27(4)14-18-7-9-19(10-8-18)23(30)24-3/h5-13H,14-15H2,1-4H3,(H,24,30)(H,25,29)/p+1. The van der Waals surface area contributed by atoms with Crippen LogP contribution in [-0.2, 0) is 11.3 Å². The minimum Gasteiger partial charge on any atom is -0.355 e. The SMILES string of the molecule is CNC(=O)c1ccc(C[NH+](C)CC(=O)Nc2cc(C)nn2-c2ccc(C)cc2)cc1. The van der Waals surface area contributed by atoms with E-state index in [1.165, 1.54) is 5.56 Å². The normalized spacial score (nSPS) is 11.7. The molecule has 3 rings (SSSR count). The molecule has 0 radical (unpaired) electrons. The van der Waals surface area contributed by atoms with Gasteiger partial charge in [0.15, 0.2) is 6.54 Å². The number of nitrogens with zero attached hydrogens (tertiary/aromatic N) is 2. The highest BCUT2D eigenvalue weighted by atomic mass is 16.2. The number of anilines is 1. The third-order valence-electron chi connectivity index (χ3n) is 4.79. The number of quaternary nitrogens is 1. The number of nitrogens with one attached hydrogen (secondary N) is 3. The summed E-state index contributed by atoms with van der Waals surface area (Å²) in [5, 5.41) is 10.1. The third-order valence-corrected chi connectivity index (χ3v) is 4.79. The molecular weight excluding hydrogens is 378 g/mol. The molecule has 0 saturated heterocycles. The summed E-state index contributed by atoms with van der Waals surface area (Å²) in [6.45, 7) is 4.93. The number of likely N-dealkylation sites (N-methyl/N-ethyl adjacent to an activating group) is 1. The number of carbonyl (C=O) groups excluding carboxylic acids is 2. The average molecular weight is 407 g/mol. The largest absolute Gasteiger partial charge is 0.355 e. The predicted molar refractivity (Wildman–Crippen MR) is 117 cm³/mol. The van der Waals surface area contributed by atoms with Gasteiger partial charge in [-0.2, -0.15) is 5.10 Å². The zero-order chi connectivity index (χ0) is 21.7. The van der Waals surface area contributed by atoms with Crippen molar-refractivity contribution in [1.82, 2.24) is 15.1 Å². The molecule has 0 aliphatic rings. The number of aryl methyl sites for hydroxylation is 2. The highest BCUT2D eigenvalue weighted by molar-refractivity contribution is 5.94. The highest BCUT2D eigenvalue weighted by Crippen LogP contribution is 2.17. The van der Waals surface area contributed by atoms with E-state index < -0.39 is 0 Å². The molecule has 0 saturated carbocycles. The van der Waals surface area contributed by atoms with Crippen LogP contribution < -0.4 is 15.5 Å². The lowest BCUT2D eigenvalue weighted by Crippen LogP contribution is -3.08. The number of aromatic nitrogens is 2. The fourth-order valence-electron chi connectivity index (χ4n) is 3.26. The maximum absolute atomic E-state index is 12.6. The molecule has 0 bridgehead atoms. The molecule has 0 aliphatic carbocycles. The Hall–Kier alpha value is -3.45. The van der Waals surface area contributed by atoms with Crippen LogP contribution >= 0.6 is 0 Å². The molecule has 3 aromatic rings. The minimum absolute atomic E-state index is 0.0808. The molecule has 1 atom stereocenters. The van der Waals surface area contributed by atoms with Gasteiger partial charge in [0.2, 0.25) is 0 Å². The van der Waals surface area contributed by atoms with Crippen molar-refractivity contribution in [2.45, 2.75) is 20.4 Å². The van der Waals surface area contributed by atoms with Gasteiger partial charge in [0, 0.05) is 24.2 Å². The Labute approximate surface area is 176 Å². The fourth-order valence-corrected chi connectivity index (χ4v) is 3.26. The zero-order valence-electron chi connectivity index (χ0n) is 17.8. The summed E-state index contributed by atoms with van der Waals surface area (Å²) in [7, 11) is 3.58. The first kappa shape index (κ1) is 21.3. The van der Waals surface area contributed by atoms with Crippen LogP contribution in [0.15, 0.2) is 54.6 Å². The fraction of sp³-hybridized carbons (Fsp3) is 0.261. The average Bonchev–Trinajstić information content (AvgIpc) is 3.08. The first-order valence-corrected chi connectivity index (χ1v) is 9.91. The summed E-state index contributed by atoms with van der Waals surface area (Å²) >= 11 is 0. The molecule has 1 aromatic heterocycles. The van der Waals surface area contributed by atoms with Crippen molar-refractivity contribution < 1.29 is 14.5 Å². The quantitative estimate of drug-likeness (QED) is 0.556. The lowest BCUT2D eigenvalue weighted by atomic mass is 10.1. The van der Waals surface area contributed by atoms with E-state index in [-0.39, 0.29) is 11.8 Å². The summed E-state index contributed by atoms with van der Waals surface area (Å²) in [4.78, 5) is 25.3. The Morgan fingerprint density at radius 1 is 1.03 bits per heavy atom. The first-order valence-electron chi connectivity index (χ1n) is 9.91. The Balaban J connectivity index is 1.62. The van der Waals surface area contributed by atoms with Crippen molar-refractivity contribution in [3.8, 4) is 5.69 Å². The van der Waals surface area contributed by atoms with Crippen LogP contribution in [0, 0.1) is 13.8 Å². The van der Waals surface area contributed by atoms with Gasteiger partial charge in [-0.15, -0.1) is 0 Å². The Kier molecular flexibility index (Phi) is 6.64. The number of rotatable bonds is 7. The molecule has 7 heteroatoms. The second-order valence-corrected chi connectivity index (χ2v) is 7.55. The number of hydrogen-bond donors (Lipinski definition) is 3. The van der Waals surface area contributed by atoms with Gasteiger partial charge < -0.3 is 15.5 Å². The monoisotopic (exact) mass is 406 g/mol. The molecule has 1 unspecified atom stereocenters. The number of hydrogen-bond acceptors (Lipinski definition) is 3. The molecule has 0 spiro atoms. The van der Waals surface area contributed by atoms with Crippen LogP contribution in [0.2, 0.25) is 0 Å². The van der Waals surface area contributed by atoms with E-state index in [9.17, 15) is 9.59 Å². The van der Waals surface area contributed by atoms with Crippen LogP contribution in [0.1, 0.15) is 27.2 Å². The van der Waals surface area contributed by atoms with Gasteiger partial charge in [-0.1, -0.05) is 29.8 Å². The van der Waals surface area contributed by atoms with Crippen LogP contribution in [0.4, 0.5) is 5.82 Å². The van der Waals surface area contributed by atoms with Crippen molar-refractivity contribution in [2.24, 2.45) is 0 Å². The molecule has 1 heterocycles. The molecule has 2 aromatic carbocycles. The van der Waals surface area contributed by atoms with Crippen molar-refractivity contribution >= 4 is 17.6 Å². The first-order chi connectivity index (χ1) is 14.4. The van der Waals surface area contributed by atoms with Gasteiger partial charge in [-0.25, -0.2) is 4.68 Å². The lowest BCUT2D eigenvalue weighted by molar-refractivity contribution is -0.885. The van der Waals surface area contributed by atoms with Crippen LogP contribution in [0.5, 0.6) is 0 Å². The zero-order valence-corrected chi connectivity index (χ0v) is 17.8. The van der Waals surface area contributed by atoms with Crippen LogP contribution in [0.3, 0.4) is 0 Å². The van der Waals surface area contributed by atoms with E-state index in [1.807, 2.05) is 63.4 Å². The van der Waals surface area contributed by atoms with E-state index >= 15 is 0 Å². The summed E-state index contributed by atoms with van der Waals surface area (Å²) in [6.07, 6.45) is 0. The van der Waals surface area contributed by atoms with Crippen LogP contribution in [-0.4, -0.2) is 42.2 Å². The Morgan fingerprint density at radius 3 is 2.33 bits per heavy atom. The molecule has 156 valence electrons. The number of amides is 2. The predicted octanol–water partition coefficient (Wildman–Crippen LogP) is 1.50. The second-order valence-electron chi connectivity index (χ2n) is 7.55. The van der Waals surface area contributed by atoms with Crippen molar-refractivity contribution in [1.29, 1.82) is 0 Å². The maximum atomic E-state index is 12.6. The van der Waals surface area contributed by atoms with E-state index in [0.717, 1.165) is 21.8 Å². The van der Waals surface area contributed by atoms with Gasteiger partial charge >= 0.3 is 0 Å². The maximum Gasteiger partial charge on any atom is 0.280 e. The van der Waals surface area contributed by atoms with Crippen molar-refractivity contribution in [3.05, 3.63) is 77.0 Å². The molecule has 0 fully saturated rings. The molecule has 2 amide bonds.